The standard InChI is InChI=1S/C9H6O2.C6H5Si/c10-9-6-5-7-3-1-2-4-8(7)11-9;7-6-4-2-1-3-5-6/h1-6H;1-5H. The minimum absolute atomic E-state index is 0.302. The average Bonchev–Trinajstić information content (AvgIpc) is 2.40. The van der Waals surface area contributed by atoms with Crippen molar-refractivity contribution < 1.29 is 4.42 Å². The van der Waals surface area contributed by atoms with E-state index in [0.717, 1.165) is 10.6 Å². The van der Waals surface area contributed by atoms with E-state index in [4.69, 9.17) is 4.42 Å². The Labute approximate surface area is 108 Å². The summed E-state index contributed by atoms with van der Waals surface area (Å²) in [7, 11) is 3.36. The van der Waals surface area contributed by atoms with Gasteiger partial charge in [0.2, 0.25) is 0 Å². The maximum atomic E-state index is 10.7. The van der Waals surface area contributed by atoms with Crippen molar-refractivity contribution in [1.82, 2.24) is 0 Å². The number of rotatable bonds is 0. The second kappa shape index (κ2) is 5.98. The van der Waals surface area contributed by atoms with Gasteiger partial charge in [-0.2, -0.15) is 0 Å². The maximum Gasteiger partial charge on any atom is 0.336 e. The molecular formula is C15H11O2Si. The monoisotopic (exact) mass is 251 g/mol. The van der Waals surface area contributed by atoms with Crippen LogP contribution < -0.4 is 10.8 Å². The van der Waals surface area contributed by atoms with Crippen LogP contribution in [0.15, 0.2) is 75.9 Å². The van der Waals surface area contributed by atoms with Gasteiger partial charge in [0, 0.05) is 11.5 Å². The lowest BCUT2D eigenvalue weighted by molar-refractivity contribution is 0.561. The molecule has 0 amide bonds. The summed E-state index contributed by atoms with van der Waals surface area (Å²) in [5.74, 6) is 0. The van der Waals surface area contributed by atoms with E-state index in [9.17, 15) is 4.79 Å². The average molecular weight is 251 g/mol. The molecule has 0 N–H and O–H groups in total. The first-order valence-corrected chi connectivity index (χ1v) is 6.01. The third-order valence-electron chi connectivity index (χ3n) is 2.30. The predicted molar refractivity (Wildman–Crippen MR) is 74.3 cm³/mol. The Morgan fingerprint density at radius 2 is 1.44 bits per heavy atom. The fourth-order valence-corrected chi connectivity index (χ4v) is 1.64. The Balaban J connectivity index is 0.000000149. The first-order valence-electron chi connectivity index (χ1n) is 5.51. The van der Waals surface area contributed by atoms with Gasteiger partial charge in [0.25, 0.3) is 0 Å². The second-order valence-corrected chi connectivity index (χ2v) is 4.24. The molecule has 0 aliphatic rings. The van der Waals surface area contributed by atoms with Gasteiger partial charge in [0.05, 0.1) is 10.2 Å². The number of para-hydroxylation sites is 1. The van der Waals surface area contributed by atoms with E-state index in [0.29, 0.717) is 5.58 Å². The van der Waals surface area contributed by atoms with Gasteiger partial charge in [-0.3, -0.25) is 0 Å². The molecule has 0 bridgehead atoms. The van der Waals surface area contributed by atoms with Crippen LogP contribution in [0.1, 0.15) is 0 Å². The van der Waals surface area contributed by atoms with E-state index < -0.39 is 0 Å². The van der Waals surface area contributed by atoms with Crippen molar-refractivity contribution in [3.63, 3.8) is 0 Å². The molecular weight excluding hydrogens is 240 g/mol. The molecule has 2 nitrogen and oxygen atoms in total. The van der Waals surface area contributed by atoms with Crippen LogP contribution in [0.5, 0.6) is 0 Å². The van der Waals surface area contributed by atoms with Gasteiger partial charge in [0.15, 0.2) is 0 Å². The zero-order chi connectivity index (χ0) is 12.8. The van der Waals surface area contributed by atoms with Crippen molar-refractivity contribution in [2.45, 2.75) is 0 Å². The van der Waals surface area contributed by atoms with E-state index in [1.54, 1.807) is 12.1 Å². The summed E-state index contributed by atoms with van der Waals surface area (Å²) < 4.78 is 4.91. The Morgan fingerprint density at radius 1 is 0.778 bits per heavy atom. The quantitative estimate of drug-likeness (QED) is 0.453. The van der Waals surface area contributed by atoms with E-state index in [1.165, 1.54) is 6.07 Å². The zero-order valence-corrected chi connectivity index (χ0v) is 10.7. The molecule has 2 aromatic carbocycles. The van der Waals surface area contributed by atoms with Gasteiger partial charge < -0.3 is 4.42 Å². The van der Waals surface area contributed by atoms with Gasteiger partial charge in [-0.1, -0.05) is 53.7 Å². The SMILES string of the molecule is O=c1ccc2ccccc2o1.[Si]c1ccccc1. The fraction of sp³-hybridized carbons (Fsp3) is 0. The van der Waals surface area contributed by atoms with Crippen LogP contribution in [0.3, 0.4) is 0 Å². The lowest BCUT2D eigenvalue weighted by Gasteiger charge is -1.91. The van der Waals surface area contributed by atoms with Crippen molar-refractivity contribution in [1.29, 1.82) is 0 Å². The minimum Gasteiger partial charge on any atom is -0.423 e. The Kier molecular flexibility index (Phi) is 4.09. The molecule has 1 aromatic heterocycles. The topological polar surface area (TPSA) is 30.2 Å². The third-order valence-corrected chi connectivity index (χ3v) is 2.64. The van der Waals surface area contributed by atoms with E-state index in [2.05, 4.69) is 10.2 Å². The molecule has 0 atom stereocenters. The van der Waals surface area contributed by atoms with Gasteiger partial charge in [-0.05, 0) is 12.1 Å². The van der Waals surface area contributed by atoms with Crippen molar-refractivity contribution >= 4 is 26.4 Å². The highest BCUT2D eigenvalue weighted by molar-refractivity contribution is 6.32. The van der Waals surface area contributed by atoms with Crippen LogP contribution >= 0.6 is 0 Å². The maximum absolute atomic E-state index is 10.7. The molecule has 3 rings (SSSR count). The predicted octanol–water partition coefficient (Wildman–Crippen LogP) is 2.27. The van der Waals surface area contributed by atoms with Crippen LogP contribution in [-0.2, 0) is 0 Å². The first kappa shape index (κ1) is 12.3. The number of hydrogen-bond donors (Lipinski definition) is 0. The summed E-state index contributed by atoms with van der Waals surface area (Å²) in [4.78, 5) is 10.7. The third kappa shape index (κ3) is 3.43. The van der Waals surface area contributed by atoms with Crippen LogP contribution in [0, 0.1) is 0 Å². The zero-order valence-electron chi connectivity index (χ0n) is 9.67. The lowest BCUT2D eigenvalue weighted by Crippen LogP contribution is -1.97. The van der Waals surface area contributed by atoms with Crippen molar-refractivity contribution in [3.8, 4) is 0 Å². The lowest BCUT2D eigenvalue weighted by atomic mass is 10.2. The molecule has 0 fully saturated rings. The molecule has 0 aliphatic carbocycles. The Bertz CT molecular complexity index is 674. The van der Waals surface area contributed by atoms with Crippen LogP contribution in [0.4, 0.5) is 0 Å². The second-order valence-electron chi connectivity index (χ2n) is 3.66. The summed E-state index contributed by atoms with van der Waals surface area (Å²) in [6, 6.07) is 20.5. The molecule has 87 valence electrons. The summed E-state index contributed by atoms with van der Waals surface area (Å²) in [6.07, 6.45) is 0. The van der Waals surface area contributed by atoms with Crippen LogP contribution in [0.2, 0.25) is 0 Å². The fourth-order valence-electron chi connectivity index (χ4n) is 1.45. The molecule has 0 spiro atoms. The highest BCUT2D eigenvalue weighted by Gasteiger charge is 1.92. The number of fused-ring (bicyclic) bond motifs is 1. The van der Waals surface area contributed by atoms with Crippen molar-refractivity contribution in [2.24, 2.45) is 0 Å². The molecule has 3 aromatic rings. The van der Waals surface area contributed by atoms with Gasteiger partial charge in [-0.25, -0.2) is 4.79 Å². The molecule has 0 saturated heterocycles. The molecule has 3 radical (unpaired) electrons. The molecule has 3 heteroatoms. The number of benzene rings is 2. The summed E-state index contributed by atoms with van der Waals surface area (Å²) in [5.41, 5.74) is 0.337. The van der Waals surface area contributed by atoms with Crippen LogP contribution in [0.25, 0.3) is 11.0 Å². The first-order chi connectivity index (χ1) is 8.75. The summed E-state index contributed by atoms with van der Waals surface area (Å²) in [6.45, 7) is 0. The van der Waals surface area contributed by atoms with E-state index >= 15 is 0 Å². The van der Waals surface area contributed by atoms with E-state index in [-0.39, 0.29) is 5.63 Å². The molecule has 0 aliphatic heterocycles. The summed E-state index contributed by atoms with van der Waals surface area (Å²) in [5, 5.41) is 2.08. The Morgan fingerprint density at radius 3 is 2.11 bits per heavy atom. The normalized spacial score (nSPS) is 9.61. The van der Waals surface area contributed by atoms with Crippen molar-refractivity contribution in [3.05, 3.63) is 77.2 Å². The van der Waals surface area contributed by atoms with Crippen LogP contribution in [-0.4, -0.2) is 10.2 Å². The largest absolute Gasteiger partial charge is 0.423 e. The molecule has 1 heterocycles. The van der Waals surface area contributed by atoms with Gasteiger partial charge in [-0.15, -0.1) is 0 Å². The highest BCUT2D eigenvalue weighted by atomic mass is 28.1. The van der Waals surface area contributed by atoms with Gasteiger partial charge in [0.1, 0.15) is 5.58 Å². The smallest absolute Gasteiger partial charge is 0.336 e. The van der Waals surface area contributed by atoms with E-state index in [1.807, 2.05) is 48.5 Å². The minimum atomic E-state index is -0.302. The molecule has 0 unspecified atom stereocenters. The highest BCUT2D eigenvalue weighted by Crippen LogP contribution is 2.08. The summed E-state index contributed by atoms with van der Waals surface area (Å²) >= 11 is 0. The number of hydrogen-bond acceptors (Lipinski definition) is 2. The van der Waals surface area contributed by atoms with Crippen molar-refractivity contribution in [2.75, 3.05) is 0 Å². The van der Waals surface area contributed by atoms with Gasteiger partial charge >= 0.3 is 5.63 Å². The molecule has 18 heavy (non-hydrogen) atoms. The Hall–Kier alpha value is -2.13. The molecule has 0 saturated carbocycles.